The average Bonchev–Trinajstić information content (AvgIpc) is 3.01. The van der Waals surface area contributed by atoms with E-state index in [2.05, 4.69) is 0 Å². The van der Waals surface area contributed by atoms with E-state index >= 15 is 0 Å². The Labute approximate surface area is 175 Å². The molecule has 1 aliphatic rings. The maximum absolute atomic E-state index is 13.9. The minimum Gasteiger partial charge on any atom is -0.297 e. The van der Waals surface area contributed by atoms with Crippen molar-refractivity contribution in [3.8, 4) is 0 Å². The summed E-state index contributed by atoms with van der Waals surface area (Å²) in [6.07, 6.45) is 0. The number of halogens is 3. The smallest absolute Gasteiger partial charge is 0.295 e. The zero-order valence-corrected chi connectivity index (χ0v) is 16.1. The quantitative estimate of drug-likeness (QED) is 0.343. The summed E-state index contributed by atoms with van der Waals surface area (Å²) in [5.74, 6) is -5.99. The predicted octanol–water partition coefficient (Wildman–Crippen LogP) is 4.77. The highest BCUT2D eigenvalue weighted by Gasteiger charge is 2.52. The molecule has 0 radical (unpaired) electrons. The molecule has 7 heteroatoms. The van der Waals surface area contributed by atoms with Crippen LogP contribution in [0, 0.1) is 17.6 Å². The molecular weight excluding hydrogens is 412 g/mol. The molecule has 0 saturated carbocycles. The van der Waals surface area contributed by atoms with Gasteiger partial charge in [-0.25, -0.2) is 8.78 Å². The van der Waals surface area contributed by atoms with Crippen LogP contribution in [-0.4, -0.2) is 17.5 Å². The monoisotopic (exact) mass is 425 g/mol. The van der Waals surface area contributed by atoms with Gasteiger partial charge in [0, 0.05) is 22.3 Å². The highest BCUT2D eigenvalue weighted by Crippen LogP contribution is 2.41. The van der Waals surface area contributed by atoms with E-state index in [1.165, 1.54) is 6.07 Å². The van der Waals surface area contributed by atoms with Gasteiger partial charge in [-0.1, -0.05) is 54.1 Å². The van der Waals surface area contributed by atoms with Crippen LogP contribution in [-0.2, 0) is 9.59 Å². The minimum absolute atomic E-state index is 0.0180. The molecule has 4 rings (SSSR count). The second-order valence-corrected chi connectivity index (χ2v) is 7.28. The van der Waals surface area contributed by atoms with Crippen LogP contribution in [0.3, 0.4) is 0 Å². The molecular formula is C23H14ClF2NO3. The Kier molecular flexibility index (Phi) is 5.18. The van der Waals surface area contributed by atoms with Crippen molar-refractivity contribution in [2.75, 3.05) is 4.90 Å². The lowest BCUT2D eigenvalue weighted by Crippen LogP contribution is -2.30. The number of ketones is 2. The van der Waals surface area contributed by atoms with Crippen molar-refractivity contribution in [2.24, 2.45) is 5.92 Å². The molecule has 0 aromatic heterocycles. The highest BCUT2D eigenvalue weighted by atomic mass is 35.5. The van der Waals surface area contributed by atoms with Crippen LogP contribution >= 0.6 is 11.6 Å². The lowest BCUT2D eigenvalue weighted by atomic mass is 9.86. The molecule has 0 aliphatic carbocycles. The van der Waals surface area contributed by atoms with Crippen molar-refractivity contribution >= 4 is 34.8 Å². The Morgan fingerprint density at radius 1 is 0.867 bits per heavy atom. The molecule has 3 aromatic carbocycles. The topological polar surface area (TPSA) is 54.5 Å². The fraction of sp³-hybridized carbons (Fsp3) is 0.0870. The van der Waals surface area contributed by atoms with Gasteiger partial charge in [-0.2, -0.15) is 0 Å². The van der Waals surface area contributed by atoms with E-state index < -0.39 is 41.1 Å². The first-order chi connectivity index (χ1) is 14.4. The Balaban J connectivity index is 1.87. The van der Waals surface area contributed by atoms with E-state index in [-0.39, 0.29) is 11.3 Å². The van der Waals surface area contributed by atoms with Crippen molar-refractivity contribution in [3.05, 3.63) is 101 Å². The molecule has 2 atom stereocenters. The Morgan fingerprint density at radius 3 is 2.17 bits per heavy atom. The largest absolute Gasteiger partial charge is 0.297 e. The van der Waals surface area contributed by atoms with Crippen molar-refractivity contribution < 1.29 is 23.2 Å². The molecule has 1 saturated heterocycles. The maximum atomic E-state index is 13.9. The SMILES string of the molecule is O=C1C(=O)N(c2ccc(F)c(F)c2)C(c2ccc(Cl)cc2)C1C(=O)c1ccccc1. The summed E-state index contributed by atoms with van der Waals surface area (Å²) in [6.45, 7) is 0. The third-order valence-corrected chi connectivity index (χ3v) is 5.29. The van der Waals surface area contributed by atoms with E-state index in [9.17, 15) is 23.2 Å². The molecule has 3 aromatic rings. The normalized spacial score (nSPS) is 18.7. The number of benzene rings is 3. The summed E-state index contributed by atoms with van der Waals surface area (Å²) in [6, 6.07) is 16.3. The number of amides is 1. The van der Waals surface area contributed by atoms with Gasteiger partial charge in [0.15, 0.2) is 17.4 Å². The van der Waals surface area contributed by atoms with Crippen LogP contribution in [0.25, 0.3) is 0 Å². The third kappa shape index (κ3) is 3.39. The molecule has 2 unspecified atom stereocenters. The fourth-order valence-electron chi connectivity index (χ4n) is 3.63. The van der Waals surface area contributed by atoms with Crippen LogP contribution in [0.5, 0.6) is 0 Å². The van der Waals surface area contributed by atoms with Gasteiger partial charge in [0.1, 0.15) is 5.92 Å². The number of hydrogen-bond donors (Lipinski definition) is 0. The number of hydrogen-bond acceptors (Lipinski definition) is 3. The van der Waals surface area contributed by atoms with Gasteiger partial charge in [-0.3, -0.25) is 19.3 Å². The first kappa shape index (κ1) is 19.9. The predicted molar refractivity (Wildman–Crippen MR) is 107 cm³/mol. The van der Waals surface area contributed by atoms with Gasteiger partial charge in [0.2, 0.25) is 5.78 Å². The van der Waals surface area contributed by atoms with Crippen LogP contribution in [0.15, 0.2) is 72.8 Å². The van der Waals surface area contributed by atoms with Gasteiger partial charge in [-0.05, 0) is 29.8 Å². The van der Waals surface area contributed by atoms with E-state index in [0.717, 1.165) is 17.0 Å². The molecule has 0 bridgehead atoms. The van der Waals surface area contributed by atoms with Gasteiger partial charge < -0.3 is 0 Å². The highest BCUT2D eigenvalue weighted by molar-refractivity contribution is 6.49. The first-order valence-electron chi connectivity index (χ1n) is 9.05. The van der Waals surface area contributed by atoms with Gasteiger partial charge >= 0.3 is 0 Å². The minimum atomic E-state index is -1.34. The van der Waals surface area contributed by atoms with Crippen LogP contribution < -0.4 is 4.90 Å². The van der Waals surface area contributed by atoms with E-state index in [1.54, 1.807) is 54.6 Å². The summed E-state index contributed by atoms with van der Waals surface area (Å²) in [4.78, 5) is 40.0. The van der Waals surface area contributed by atoms with Crippen molar-refractivity contribution in [3.63, 3.8) is 0 Å². The molecule has 1 heterocycles. The molecule has 0 N–H and O–H groups in total. The molecule has 1 fully saturated rings. The Morgan fingerprint density at radius 2 is 1.53 bits per heavy atom. The summed E-state index contributed by atoms with van der Waals surface area (Å²) in [7, 11) is 0. The summed E-state index contributed by atoms with van der Waals surface area (Å²) in [5.41, 5.74) is 0.725. The fourth-order valence-corrected chi connectivity index (χ4v) is 3.76. The van der Waals surface area contributed by atoms with Gasteiger partial charge in [0.05, 0.1) is 6.04 Å². The summed E-state index contributed by atoms with van der Waals surface area (Å²) >= 11 is 5.96. The van der Waals surface area contributed by atoms with E-state index in [0.29, 0.717) is 10.6 Å². The lowest BCUT2D eigenvalue weighted by Gasteiger charge is -2.27. The molecule has 1 aliphatic heterocycles. The Hall–Kier alpha value is -3.38. The van der Waals surface area contributed by atoms with E-state index in [1.807, 2.05) is 0 Å². The first-order valence-corrected chi connectivity index (χ1v) is 9.43. The maximum Gasteiger partial charge on any atom is 0.295 e. The zero-order valence-electron chi connectivity index (χ0n) is 15.4. The second kappa shape index (κ2) is 7.80. The zero-order chi connectivity index (χ0) is 21.4. The number of anilines is 1. The Bertz CT molecular complexity index is 1150. The van der Waals surface area contributed by atoms with Gasteiger partial charge in [0.25, 0.3) is 5.91 Å². The van der Waals surface area contributed by atoms with E-state index in [4.69, 9.17) is 11.6 Å². The second-order valence-electron chi connectivity index (χ2n) is 6.84. The number of rotatable bonds is 4. The van der Waals surface area contributed by atoms with Crippen molar-refractivity contribution in [2.45, 2.75) is 6.04 Å². The average molecular weight is 426 g/mol. The molecule has 1 amide bonds. The number of carbonyl (C=O) groups is 3. The van der Waals surface area contributed by atoms with Crippen molar-refractivity contribution in [1.82, 2.24) is 0 Å². The van der Waals surface area contributed by atoms with Gasteiger partial charge in [-0.15, -0.1) is 0 Å². The molecule has 150 valence electrons. The molecule has 4 nitrogen and oxygen atoms in total. The number of carbonyl (C=O) groups excluding carboxylic acids is 3. The third-order valence-electron chi connectivity index (χ3n) is 5.04. The van der Waals surface area contributed by atoms with Crippen LogP contribution in [0.4, 0.5) is 14.5 Å². The van der Waals surface area contributed by atoms with Crippen LogP contribution in [0.2, 0.25) is 5.02 Å². The molecule has 30 heavy (non-hydrogen) atoms. The molecule has 0 spiro atoms. The number of Topliss-reactive ketones (excluding diaryl/α,β-unsaturated/α-hetero) is 2. The lowest BCUT2D eigenvalue weighted by molar-refractivity contribution is -0.135. The summed E-state index contributed by atoms with van der Waals surface area (Å²) in [5, 5.41) is 0.430. The number of nitrogens with zero attached hydrogens (tertiary/aromatic N) is 1. The van der Waals surface area contributed by atoms with Crippen molar-refractivity contribution in [1.29, 1.82) is 0 Å². The summed E-state index contributed by atoms with van der Waals surface area (Å²) < 4.78 is 27.3. The van der Waals surface area contributed by atoms with Crippen LogP contribution in [0.1, 0.15) is 22.0 Å². The standard InChI is InChI=1S/C23H14ClF2NO3/c24-15-8-6-13(7-9-15)20-19(21(28)14-4-2-1-3-5-14)22(29)23(30)27(20)16-10-11-17(25)18(26)12-16/h1-12,19-20H.